The van der Waals surface area contributed by atoms with Gasteiger partial charge in [-0.05, 0) is 51.5 Å². The van der Waals surface area contributed by atoms with E-state index >= 15 is 0 Å². The highest BCUT2D eigenvalue weighted by molar-refractivity contribution is 5.98. The number of hydrogen-bond donors (Lipinski definition) is 2. The van der Waals surface area contributed by atoms with Crippen molar-refractivity contribution in [2.45, 2.75) is 39.3 Å². The van der Waals surface area contributed by atoms with Gasteiger partial charge in [0.25, 0.3) is 5.91 Å². The fourth-order valence-corrected chi connectivity index (χ4v) is 2.07. The second kappa shape index (κ2) is 10.9. The van der Waals surface area contributed by atoms with Crippen molar-refractivity contribution in [1.29, 1.82) is 0 Å². The van der Waals surface area contributed by atoms with Crippen LogP contribution in [0.2, 0.25) is 0 Å². The molecule has 0 unspecified atom stereocenters. The zero-order valence-corrected chi connectivity index (χ0v) is 17.4. The van der Waals surface area contributed by atoms with E-state index in [0.717, 1.165) is 0 Å². The summed E-state index contributed by atoms with van der Waals surface area (Å²) in [4.78, 5) is 35.6. The number of nitrogens with one attached hydrogen (secondary N) is 2. The Bertz CT molecular complexity index is 780. The fraction of sp³-hybridized carbons (Fsp3) is 0.381. The fourth-order valence-electron chi connectivity index (χ4n) is 2.07. The van der Waals surface area contributed by atoms with E-state index in [1.807, 2.05) is 0 Å². The van der Waals surface area contributed by atoms with E-state index in [0.29, 0.717) is 23.7 Å². The molecule has 0 fully saturated rings. The molecule has 0 saturated carbocycles. The Hall–Kier alpha value is -3.29. The Balaban J connectivity index is 2.64. The Labute approximate surface area is 170 Å². The van der Waals surface area contributed by atoms with Gasteiger partial charge in [0.1, 0.15) is 6.61 Å². The van der Waals surface area contributed by atoms with Gasteiger partial charge >= 0.3 is 12.0 Å². The highest BCUT2D eigenvalue weighted by Crippen LogP contribution is 2.28. The quantitative estimate of drug-likeness (QED) is 0.392. The number of carbonyl (C=O) groups is 3. The molecule has 0 saturated heterocycles. The molecule has 29 heavy (non-hydrogen) atoms. The molecule has 1 atom stereocenters. The minimum Gasteiger partial charge on any atom is -0.493 e. The summed E-state index contributed by atoms with van der Waals surface area (Å²) < 4.78 is 15.7. The number of methoxy groups -OCH3 is 1. The van der Waals surface area contributed by atoms with Crippen LogP contribution in [-0.2, 0) is 14.3 Å². The summed E-state index contributed by atoms with van der Waals surface area (Å²) in [5.41, 5.74) is 0.173. The number of carbonyl (C=O) groups excluding carboxylic acids is 3. The third-order valence-electron chi connectivity index (χ3n) is 3.34. The summed E-state index contributed by atoms with van der Waals surface area (Å²) in [6.45, 7) is 10.6. The number of rotatable bonds is 8. The van der Waals surface area contributed by atoms with Crippen molar-refractivity contribution in [1.82, 2.24) is 10.6 Å². The molecule has 0 spiro atoms. The first kappa shape index (κ1) is 23.7. The number of imide groups is 1. The molecule has 1 aromatic carbocycles. The molecule has 0 aliphatic rings. The number of ether oxygens (including phenoxy) is 3. The minimum atomic E-state index is -1.14. The van der Waals surface area contributed by atoms with Crippen molar-refractivity contribution in [2.75, 3.05) is 13.7 Å². The predicted molar refractivity (Wildman–Crippen MR) is 110 cm³/mol. The van der Waals surface area contributed by atoms with Crippen molar-refractivity contribution >= 4 is 24.0 Å². The van der Waals surface area contributed by atoms with Crippen LogP contribution in [0.15, 0.2) is 36.9 Å². The van der Waals surface area contributed by atoms with Gasteiger partial charge in [0.15, 0.2) is 17.6 Å². The summed E-state index contributed by atoms with van der Waals surface area (Å²) in [6.07, 6.45) is 3.17. The normalized spacial score (nSPS) is 12.0. The summed E-state index contributed by atoms with van der Waals surface area (Å²) in [7, 11) is 1.51. The lowest BCUT2D eigenvalue weighted by Gasteiger charge is -2.21. The van der Waals surface area contributed by atoms with E-state index in [1.165, 1.54) is 26.2 Å². The summed E-state index contributed by atoms with van der Waals surface area (Å²) in [6, 6.07) is 4.47. The van der Waals surface area contributed by atoms with E-state index < -0.39 is 29.6 Å². The van der Waals surface area contributed by atoms with Gasteiger partial charge in [0, 0.05) is 11.6 Å². The number of urea groups is 1. The Morgan fingerprint density at radius 1 is 1.21 bits per heavy atom. The zero-order valence-electron chi connectivity index (χ0n) is 17.4. The molecule has 8 nitrogen and oxygen atoms in total. The molecule has 3 amide bonds. The molecule has 0 bridgehead atoms. The van der Waals surface area contributed by atoms with Crippen LogP contribution in [0.4, 0.5) is 4.79 Å². The topological polar surface area (TPSA) is 103 Å². The molecule has 158 valence electrons. The molecule has 0 aromatic heterocycles. The second-order valence-electron chi connectivity index (χ2n) is 7.12. The van der Waals surface area contributed by atoms with E-state index in [2.05, 4.69) is 17.2 Å². The number of esters is 1. The van der Waals surface area contributed by atoms with Gasteiger partial charge in [0.05, 0.1) is 7.11 Å². The average Bonchev–Trinajstić information content (AvgIpc) is 2.63. The highest BCUT2D eigenvalue weighted by atomic mass is 16.5. The third-order valence-corrected chi connectivity index (χ3v) is 3.34. The summed E-state index contributed by atoms with van der Waals surface area (Å²) >= 11 is 0. The van der Waals surface area contributed by atoms with Crippen LogP contribution in [0, 0.1) is 0 Å². The molecular weight excluding hydrogens is 376 g/mol. The Morgan fingerprint density at radius 2 is 1.90 bits per heavy atom. The molecular formula is C21H28N2O6. The first-order valence-electron chi connectivity index (χ1n) is 8.99. The predicted octanol–water partition coefficient (Wildman–Crippen LogP) is 2.83. The molecule has 0 radical (unpaired) electrons. The smallest absolute Gasteiger partial charge is 0.331 e. The number of amides is 3. The van der Waals surface area contributed by atoms with Crippen molar-refractivity contribution < 1.29 is 28.6 Å². The standard InChI is InChI=1S/C21H28N2O6/c1-7-12-28-16-10-8-15(13-17(16)27-6)9-11-18(24)29-14(2)19(25)22-20(26)23-21(3,4)5/h7-11,13-14H,1,12H2,2-6H3,(H2,22,23,25,26)/b11-9+/t14-/m0/s1. The van der Waals surface area contributed by atoms with Crippen LogP contribution < -0.4 is 20.1 Å². The van der Waals surface area contributed by atoms with Gasteiger partial charge in [-0.15, -0.1) is 0 Å². The van der Waals surface area contributed by atoms with Crippen LogP contribution >= 0.6 is 0 Å². The van der Waals surface area contributed by atoms with E-state index in [4.69, 9.17) is 14.2 Å². The van der Waals surface area contributed by atoms with E-state index in [-0.39, 0.29) is 0 Å². The molecule has 8 heteroatoms. The molecule has 0 aliphatic carbocycles. The van der Waals surface area contributed by atoms with Gasteiger partial charge < -0.3 is 19.5 Å². The molecule has 0 aliphatic heterocycles. The Morgan fingerprint density at radius 3 is 2.48 bits per heavy atom. The largest absolute Gasteiger partial charge is 0.493 e. The molecule has 1 rings (SSSR count). The third kappa shape index (κ3) is 8.96. The van der Waals surface area contributed by atoms with Crippen LogP contribution in [0.25, 0.3) is 6.08 Å². The number of benzene rings is 1. The average molecular weight is 404 g/mol. The first-order chi connectivity index (χ1) is 13.6. The SMILES string of the molecule is C=CCOc1ccc(/C=C/C(=O)O[C@@H](C)C(=O)NC(=O)NC(C)(C)C)cc1OC. The van der Waals surface area contributed by atoms with Crippen LogP contribution in [0.5, 0.6) is 11.5 Å². The maximum Gasteiger partial charge on any atom is 0.331 e. The maximum absolute atomic E-state index is 12.0. The lowest BCUT2D eigenvalue weighted by molar-refractivity contribution is -0.149. The van der Waals surface area contributed by atoms with Crippen LogP contribution in [0.1, 0.15) is 33.3 Å². The van der Waals surface area contributed by atoms with E-state index in [9.17, 15) is 14.4 Å². The van der Waals surface area contributed by atoms with Gasteiger partial charge in [-0.1, -0.05) is 18.7 Å². The van der Waals surface area contributed by atoms with E-state index in [1.54, 1.807) is 45.0 Å². The van der Waals surface area contributed by atoms with Crippen LogP contribution in [0.3, 0.4) is 0 Å². The maximum atomic E-state index is 12.0. The van der Waals surface area contributed by atoms with Gasteiger partial charge in [-0.2, -0.15) is 0 Å². The first-order valence-corrected chi connectivity index (χ1v) is 8.99. The summed E-state index contributed by atoms with van der Waals surface area (Å²) in [5, 5.41) is 4.71. The van der Waals surface area contributed by atoms with Crippen molar-refractivity contribution in [2.24, 2.45) is 0 Å². The zero-order chi connectivity index (χ0) is 22.0. The highest BCUT2D eigenvalue weighted by Gasteiger charge is 2.21. The number of hydrogen-bond acceptors (Lipinski definition) is 6. The van der Waals surface area contributed by atoms with Crippen molar-refractivity contribution in [3.63, 3.8) is 0 Å². The molecule has 1 aromatic rings. The monoisotopic (exact) mass is 404 g/mol. The van der Waals surface area contributed by atoms with Gasteiger partial charge in [-0.25, -0.2) is 9.59 Å². The minimum absolute atomic E-state index is 0.339. The summed E-state index contributed by atoms with van der Waals surface area (Å²) in [5.74, 6) is -0.403. The lowest BCUT2D eigenvalue weighted by Crippen LogP contribution is -2.50. The Kier molecular flexibility index (Phi) is 8.92. The lowest BCUT2D eigenvalue weighted by atomic mass is 10.1. The van der Waals surface area contributed by atoms with Gasteiger partial charge in [0.2, 0.25) is 0 Å². The molecule has 2 N–H and O–H groups in total. The van der Waals surface area contributed by atoms with Crippen LogP contribution in [-0.4, -0.2) is 43.3 Å². The van der Waals surface area contributed by atoms with Crippen molar-refractivity contribution in [3.05, 3.63) is 42.5 Å². The second-order valence-corrected chi connectivity index (χ2v) is 7.12. The van der Waals surface area contributed by atoms with Crippen molar-refractivity contribution in [3.8, 4) is 11.5 Å². The van der Waals surface area contributed by atoms with Gasteiger partial charge in [-0.3, -0.25) is 10.1 Å². The molecule has 0 heterocycles.